The highest BCUT2D eigenvalue weighted by atomic mass is 16.7. The summed E-state index contributed by atoms with van der Waals surface area (Å²) in [4.78, 5) is 21.8. The van der Waals surface area contributed by atoms with Crippen LogP contribution >= 0.6 is 0 Å². The molecular formula is C7H8O5. The Morgan fingerprint density at radius 3 is 2.00 bits per heavy atom. The maximum Gasteiger partial charge on any atom is 0.352 e. The van der Waals surface area contributed by atoms with Crippen LogP contribution < -0.4 is 0 Å². The van der Waals surface area contributed by atoms with E-state index in [1.54, 1.807) is 0 Å². The van der Waals surface area contributed by atoms with Gasteiger partial charge in [-0.25, -0.2) is 9.59 Å². The highest BCUT2D eigenvalue weighted by Gasteiger charge is 2.39. The largest absolute Gasteiger partial charge is 0.514 e. The fourth-order valence-electron chi connectivity index (χ4n) is 0.766. The smallest absolute Gasteiger partial charge is 0.352 e. The zero-order valence-corrected chi connectivity index (χ0v) is 6.66. The van der Waals surface area contributed by atoms with Gasteiger partial charge in [-0.05, 0) is 0 Å². The molecule has 5 heteroatoms. The summed E-state index contributed by atoms with van der Waals surface area (Å²) in [5, 5.41) is 8.44. The normalized spacial score (nSPS) is 21.3. The van der Waals surface area contributed by atoms with Gasteiger partial charge in [0.1, 0.15) is 6.26 Å². The van der Waals surface area contributed by atoms with E-state index in [0.717, 1.165) is 0 Å². The van der Waals surface area contributed by atoms with Gasteiger partial charge in [0.15, 0.2) is 5.57 Å². The van der Waals surface area contributed by atoms with Crippen molar-refractivity contribution in [2.45, 2.75) is 19.6 Å². The summed E-state index contributed by atoms with van der Waals surface area (Å²) < 4.78 is 9.27. The molecule has 1 heterocycles. The average molecular weight is 172 g/mol. The number of rotatable bonds is 0. The number of carbonyl (C=O) groups is 2. The number of hydrogen-bond donors (Lipinski definition) is 1. The summed E-state index contributed by atoms with van der Waals surface area (Å²) in [5.41, 5.74) is -0.491. The number of ether oxygens (including phenoxy) is 2. The van der Waals surface area contributed by atoms with Crippen molar-refractivity contribution >= 4 is 11.9 Å². The zero-order valence-electron chi connectivity index (χ0n) is 6.66. The quantitative estimate of drug-likeness (QED) is 0.245. The lowest BCUT2D eigenvalue weighted by atomic mass is 10.2. The van der Waals surface area contributed by atoms with Gasteiger partial charge < -0.3 is 14.6 Å². The molecule has 0 unspecified atom stereocenters. The molecular weight excluding hydrogens is 164 g/mol. The second-order valence-corrected chi connectivity index (χ2v) is 2.72. The Morgan fingerprint density at radius 1 is 1.25 bits per heavy atom. The number of carbonyl (C=O) groups excluding carboxylic acids is 2. The maximum absolute atomic E-state index is 10.9. The highest BCUT2D eigenvalue weighted by Crippen LogP contribution is 2.21. The van der Waals surface area contributed by atoms with Gasteiger partial charge in [0.2, 0.25) is 0 Å². The molecule has 5 nitrogen and oxygen atoms in total. The SMILES string of the molecule is CC1(C)OC(=O)C(=CO)C(=O)O1. The summed E-state index contributed by atoms with van der Waals surface area (Å²) in [5.74, 6) is -3.00. The van der Waals surface area contributed by atoms with Crippen molar-refractivity contribution in [2.24, 2.45) is 0 Å². The van der Waals surface area contributed by atoms with Crippen molar-refractivity contribution in [1.82, 2.24) is 0 Å². The molecule has 0 spiro atoms. The van der Waals surface area contributed by atoms with Crippen LogP contribution in [0.4, 0.5) is 0 Å². The highest BCUT2D eigenvalue weighted by molar-refractivity contribution is 6.15. The topological polar surface area (TPSA) is 72.8 Å². The summed E-state index contributed by atoms with van der Waals surface area (Å²) in [6, 6.07) is 0. The predicted molar refractivity (Wildman–Crippen MR) is 37.0 cm³/mol. The molecule has 1 aliphatic rings. The van der Waals surface area contributed by atoms with Gasteiger partial charge in [0.05, 0.1) is 0 Å². The first kappa shape index (κ1) is 8.58. The fourth-order valence-corrected chi connectivity index (χ4v) is 0.766. The third-order valence-corrected chi connectivity index (χ3v) is 1.25. The Bertz CT molecular complexity index is 241. The minimum absolute atomic E-state index is 0.375. The number of esters is 2. The van der Waals surface area contributed by atoms with E-state index in [4.69, 9.17) is 5.11 Å². The van der Waals surface area contributed by atoms with Crippen LogP contribution in [-0.2, 0) is 19.1 Å². The Hall–Kier alpha value is -1.52. The third kappa shape index (κ3) is 1.39. The van der Waals surface area contributed by atoms with Crippen LogP contribution in [0.1, 0.15) is 13.8 Å². The number of cyclic esters (lactones) is 2. The van der Waals surface area contributed by atoms with Crippen molar-refractivity contribution in [3.63, 3.8) is 0 Å². The van der Waals surface area contributed by atoms with E-state index in [2.05, 4.69) is 9.47 Å². The summed E-state index contributed by atoms with van der Waals surface area (Å²) in [6.07, 6.45) is 0.375. The van der Waals surface area contributed by atoms with Crippen LogP contribution in [0.15, 0.2) is 11.8 Å². The molecule has 0 aromatic carbocycles. The Morgan fingerprint density at radius 2 is 1.67 bits per heavy atom. The lowest BCUT2D eigenvalue weighted by Gasteiger charge is -2.29. The van der Waals surface area contributed by atoms with E-state index < -0.39 is 23.3 Å². The molecule has 0 saturated carbocycles. The van der Waals surface area contributed by atoms with E-state index >= 15 is 0 Å². The lowest BCUT2D eigenvalue weighted by Crippen LogP contribution is -2.41. The molecule has 0 aromatic rings. The standard InChI is InChI=1S/C7H8O5/c1-7(2)11-5(9)4(3-8)6(10)12-7/h3,8H,1-2H3. The van der Waals surface area contributed by atoms with E-state index in [1.807, 2.05) is 0 Å². The van der Waals surface area contributed by atoms with Gasteiger partial charge >= 0.3 is 11.9 Å². The molecule has 66 valence electrons. The van der Waals surface area contributed by atoms with Crippen LogP contribution in [0.25, 0.3) is 0 Å². The summed E-state index contributed by atoms with van der Waals surface area (Å²) in [6.45, 7) is 2.86. The molecule has 0 aliphatic carbocycles. The summed E-state index contributed by atoms with van der Waals surface area (Å²) >= 11 is 0. The van der Waals surface area contributed by atoms with E-state index in [-0.39, 0.29) is 0 Å². The molecule has 0 atom stereocenters. The van der Waals surface area contributed by atoms with Crippen LogP contribution in [0.5, 0.6) is 0 Å². The predicted octanol–water partition coefficient (Wildman–Crippen LogP) is 0.264. The van der Waals surface area contributed by atoms with Gasteiger partial charge in [0.25, 0.3) is 5.79 Å². The third-order valence-electron chi connectivity index (χ3n) is 1.25. The molecule has 1 rings (SSSR count). The van der Waals surface area contributed by atoms with Crippen LogP contribution in [0.2, 0.25) is 0 Å². The van der Waals surface area contributed by atoms with Crippen molar-refractivity contribution < 1.29 is 24.2 Å². The Labute approximate surface area is 68.6 Å². The minimum Gasteiger partial charge on any atom is -0.514 e. The molecule has 1 aliphatic heterocycles. The van der Waals surface area contributed by atoms with E-state index in [9.17, 15) is 9.59 Å². The van der Waals surface area contributed by atoms with E-state index in [0.29, 0.717) is 6.26 Å². The molecule has 0 aromatic heterocycles. The summed E-state index contributed by atoms with van der Waals surface area (Å²) in [7, 11) is 0. The van der Waals surface area contributed by atoms with Crippen LogP contribution in [0, 0.1) is 0 Å². The first-order valence-electron chi connectivity index (χ1n) is 3.27. The van der Waals surface area contributed by atoms with Crippen molar-refractivity contribution in [2.75, 3.05) is 0 Å². The monoisotopic (exact) mass is 172 g/mol. The van der Waals surface area contributed by atoms with E-state index in [1.165, 1.54) is 13.8 Å². The molecule has 1 N–H and O–H groups in total. The van der Waals surface area contributed by atoms with Crippen molar-refractivity contribution in [1.29, 1.82) is 0 Å². The lowest BCUT2D eigenvalue weighted by molar-refractivity contribution is -0.222. The molecule has 0 bridgehead atoms. The fraction of sp³-hybridized carbons (Fsp3) is 0.429. The van der Waals surface area contributed by atoms with Crippen molar-refractivity contribution in [3.05, 3.63) is 11.8 Å². The van der Waals surface area contributed by atoms with Gasteiger partial charge in [-0.2, -0.15) is 0 Å². The molecule has 0 amide bonds. The number of aliphatic hydroxyl groups excluding tert-OH is 1. The van der Waals surface area contributed by atoms with Crippen LogP contribution in [0.3, 0.4) is 0 Å². The molecule has 1 fully saturated rings. The maximum atomic E-state index is 10.9. The molecule has 12 heavy (non-hydrogen) atoms. The average Bonchev–Trinajstić information content (AvgIpc) is 1.82. The first-order chi connectivity index (χ1) is 5.46. The van der Waals surface area contributed by atoms with Gasteiger partial charge in [-0.3, -0.25) is 0 Å². The van der Waals surface area contributed by atoms with Crippen LogP contribution in [-0.4, -0.2) is 22.8 Å². The second-order valence-electron chi connectivity index (χ2n) is 2.72. The first-order valence-corrected chi connectivity index (χ1v) is 3.27. The Balaban J connectivity index is 2.93. The molecule has 1 saturated heterocycles. The minimum atomic E-state index is -1.25. The number of aliphatic hydroxyl groups is 1. The van der Waals surface area contributed by atoms with Crippen molar-refractivity contribution in [3.8, 4) is 0 Å². The van der Waals surface area contributed by atoms with Gasteiger partial charge in [0, 0.05) is 13.8 Å². The zero-order chi connectivity index (χ0) is 9.35. The number of hydrogen-bond acceptors (Lipinski definition) is 5. The van der Waals surface area contributed by atoms with Gasteiger partial charge in [-0.1, -0.05) is 0 Å². The second kappa shape index (κ2) is 2.51. The van der Waals surface area contributed by atoms with Gasteiger partial charge in [-0.15, -0.1) is 0 Å². The molecule has 0 radical (unpaired) electrons. The Kier molecular flexibility index (Phi) is 1.79.